The fourth-order valence-corrected chi connectivity index (χ4v) is 3.98. The molecule has 0 atom stereocenters. The molecular formula is C29H28. The second-order valence-electron chi connectivity index (χ2n) is 7.74. The Morgan fingerprint density at radius 3 is 1.97 bits per heavy atom. The first kappa shape index (κ1) is 19.2. The van der Waals surface area contributed by atoms with Crippen molar-refractivity contribution in [3.63, 3.8) is 0 Å². The lowest BCUT2D eigenvalue weighted by Gasteiger charge is -2.15. The molecule has 0 aromatic heterocycles. The van der Waals surface area contributed by atoms with Gasteiger partial charge >= 0.3 is 0 Å². The van der Waals surface area contributed by atoms with Crippen LogP contribution in [0, 0.1) is 6.92 Å². The van der Waals surface area contributed by atoms with Crippen molar-refractivity contribution in [2.75, 3.05) is 0 Å². The number of aryl methyl sites for hydroxylation is 2. The second-order valence-corrected chi connectivity index (χ2v) is 7.74. The Bertz CT molecular complexity index is 1090. The van der Waals surface area contributed by atoms with E-state index >= 15 is 0 Å². The van der Waals surface area contributed by atoms with Gasteiger partial charge in [-0.3, -0.25) is 0 Å². The van der Waals surface area contributed by atoms with Crippen molar-refractivity contribution in [2.45, 2.75) is 33.1 Å². The van der Waals surface area contributed by atoms with Crippen LogP contribution in [-0.4, -0.2) is 0 Å². The topological polar surface area (TPSA) is 0 Å². The zero-order chi connectivity index (χ0) is 20.1. The van der Waals surface area contributed by atoms with E-state index in [-0.39, 0.29) is 0 Å². The lowest BCUT2D eigenvalue weighted by molar-refractivity contribution is 0.796. The van der Waals surface area contributed by atoms with Crippen molar-refractivity contribution in [1.29, 1.82) is 0 Å². The molecule has 0 heteroatoms. The van der Waals surface area contributed by atoms with Crippen LogP contribution < -0.4 is 0 Å². The molecule has 4 aromatic carbocycles. The van der Waals surface area contributed by atoms with Gasteiger partial charge in [-0.2, -0.15) is 0 Å². The highest BCUT2D eigenvalue weighted by atomic mass is 14.1. The van der Waals surface area contributed by atoms with E-state index in [1.165, 1.54) is 57.3 Å². The molecule has 0 N–H and O–H groups in total. The summed E-state index contributed by atoms with van der Waals surface area (Å²) in [6.07, 6.45) is 3.57. The highest BCUT2D eigenvalue weighted by Crippen LogP contribution is 2.33. The van der Waals surface area contributed by atoms with E-state index in [2.05, 4.69) is 111 Å². The summed E-state index contributed by atoms with van der Waals surface area (Å²) in [5.74, 6) is 0. The van der Waals surface area contributed by atoms with Crippen molar-refractivity contribution in [1.82, 2.24) is 0 Å². The molecule has 0 aliphatic carbocycles. The van der Waals surface area contributed by atoms with E-state index in [0.29, 0.717) is 0 Å². The third-order valence-electron chi connectivity index (χ3n) is 5.65. The minimum absolute atomic E-state index is 1.13. The molecule has 29 heavy (non-hydrogen) atoms. The van der Waals surface area contributed by atoms with Crippen LogP contribution in [0.25, 0.3) is 33.4 Å². The van der Waals surface area contributed by atoms with E-state index in [4.69, 9.17) is 0 Å². The quantitative estimate of drug-likeness (QED) is 0.317. The standard InChI is InChI=1S/C29H28/c1-3-4-12-24-18-19-27(21-29(24)28-17-9-8-11-22(28)2)26-16-10-15-25(20-26)23-13-6-5-7-14-23/h5-11,13-21H,3-4,12H2,1-2H3. The zero-order valence-corrected chi connectivity index (χ0v) is 17.4. The van der Waals surface area contributed by atoms with Crippen LogP contribution in [-0.2, 0) is 6.42 Å². The van der Waals surface area contributed by atoms with Gasteiger partial charge in [0.25, 0.3) is 0 Å². The molecule has 0 saturated heterocycles. The Balaban J connectivity index is 1.79. The Labute approximate surface area is 174 Å². The van der Waals surface area contributed by atoms with Gasteiger partial charge in [0, 0.05) is 0 Å². The summed E-state index contributed by atoms with van der Waals surface area (Å²) < 4.78 is 0. The first-order valence-electron chi connectivity index (χ1n) is 10.6. The van der Waals surface area contributed by atoms with Crippen LogP contribution in [0.3, 0.4) is 0 Å². The normalized spacial score (nSPS) is 10.8. The maximum absolute atomic E-state index is 2.39. The molecule has 0 aliphatic rings. The van der Waals surface area contributed by atoms with E-state index in [0.717, 1.165) is 6.42 Å². The Hall–Kier alpha value is -3.12. The third kappa shape index (κ3) is 4.32. The zero-order valence-electron chi connectivity index (χ0n) is 17.4. The molecule has 0 aliphatic heterocycles. The van der Waals surface area contributed by atoms with Crippen molar-refractivity contribution in [2.24, 2.45) is 0 Å². The largest absolute Gasteiger partial charge is 0.0654 e. The number of unbranched alkanes of at least 4 members (excludes halogenated alkanes) is 1. The number of benzene rings is 4. The predicted molar refractivity (Wildman–Crippen MR) is 126 cm³/mol. The van der Waals surface area contributed by atoms with Crippen LogP contribution in [0.15, 0.2) is 97.1 Å². The van der Waals surface area contributed by atoms with E-state index in [1.807, 2.05) is 0 Å². The first-order valence-corrected chi connectivity index (χ1v) is 10.6. The van der Waals surface area contributed by atoms with Crippen molar-refractivity contribution < 1.29 is 0 Å². The summed E-state index contributed by atoms with van der Waals surface area (Å²) in [4.78, 5) is 0. The van der Waals surface area contributed by atoms with E-state index < -0.39 is 0 Å². The number of rotatable bonds is 6. The summed E-state index contributed by atoms with van der Waals surface area (Å²) in [7, 11) is 0. The van der Waals surface area contributed by atoms with E-state index in [9.17, 15) is 0 Å². The van der Waals surface area contributed by atoms with Crippen LogP contribution in [0.1, 0.15) is 30.9 Å². The maximum Gasteiger partial charge on any atom is -0.0143 e. The average molecular weight is 377 g/mol. The van der Waals surface area contributed by atoms with Crippen LogP contribution in [0.4, 0.5) is 0 Å². The van der Waals surface area contributed by atoms with E-state index in [1.54, 1.807) is 0 Å². The first-order chi connectivity index (χ1) is 14.3. The van der Waals surface area contributed by atoms with Crippen LogP contribution in [0.2, 0.25) is 0 Å². The summed E-state index contributed by atoms with van der Waals surface area (Å²) in [5.41, 5.74) is 10.6. The van der Waals surface area contributed by atoms with Gasteiger partial charge in [-0.25, -0.2) is 0 Å². The molecule has 0 heterocycles. The average Bonchev–Trinajstić information content (AvgIpc) is 2.79. The molecule has 0 unspecified atom stereocenters. The monoisotopic (exact) mass is 376 g/mol. The molecule has 0 bridgehead atoms. The predicted octanol–water partition coefficient (Wildman–Crippen LogP) is 8.34. The summed E-state index contributed by atoms with van der Waals surface area (Å²) >= 11 is 0. The molecule has 0 fully saturated rings. The lowest BCUT2D eigenvalue weighted by atomic mass is 9.90. The number of hydrogen-bond donors (Lipinski definition) is 0. The Morgan fingerprint density at radius 1 is 0.552 bits per heavy atom. The highest BCUT2D eigenvalue weighted by Gasteiger charge is 2.10. The van der Waals surface area contributed by atoms with Crippen LogP contribution in [0.5, 0.6) is 0 Å². The molecule has 144 valence electrons. The van der Waals surface area contributed by atoms with Gasteiger partial charge < -0.3 is 0 Å². The van der Waals surface area contributed by atoms with Gasteiger partial charge in [0.15, 0.2) is 0 Å². The second kappa shape index (κ2) is 8.92. The molecule has 4 rings (SSSR count). The van der Waals surface area contributed by atoms with Gasteiger partial charge in [0.1, 0.15) is 0 Å². The number of hydrogen-bond acceptors (Lipinski definition) is 0. The molecule has 0 spiro atoms. The van der Waals surface area contributed by atoms with Crippen LogP contribution >= 0.6 is 0 Å². The summed E-state index contributed by atoms with van der Waals surface area (Å²) in [6.45, 7) is 4.47. The van der Waals surface area contributed by atoms with Gasteiger partial charge in [-0.05, 0) is 76.4 Å². The molecule has 0 amide bonds. The fourth-order valence-electron chi connectivity index (χ4n) is 3.98. The minimum atomic E-state index is 1.13. The minimum Gasteiger partial charge on any atom is -0.0654 e. The third-order valence-corrected chi connectivity index (χ3v) is 5.65. The smallest absolute Gasteiger partial charge is 0.0143 e. The van der Waals surface area contributed by atoms with Crippen molar-refractivity contribution in [3.8, 4) is 33.4 Å². The fraction of sp³-hybridized carbons (Fsp3) is 0.172. The van der Waals surface area contributed by atoms with Gasteiger partial charge in [0.05, 0.1) is 0 Å². The molecule has 0 nitrogen and oxygen atoms in total. The Kier molecular flexibility index (Phi) is 5.91. The lowest BCUT2D eigenvalue weighted by Crippen LogP contribution is -1.93. The molecular weight excluding hydrogens is 348 g/mol. The SMILES string of the molecule is CCCCc1ccc(-c2cccc(-c3ccccc3)c2)cc1-c1ccccc1C. The van der Waals surface area contributed by atoms with Gasteiger partial charge in [0.2, 0.25) is 0 Å². The van der Waals surface area contributed by atoms with Gasteiger partial charge in [-0.15, -0.1) is 0 Å². The molecule has 0 radical (unpaired) electrons. The van der Waals surface area contributed by atoms with Gasteiger partial charge in [-0.1, -0.05) is 98.3 Å². The summed E-state index contributed by atoms with van der Waals surface area (Å²) in [5, 5.41) is 0. The van der Waals surface area contributed by atoms with Crippen molar-refractivity contribution >= 4 is 0 Å². The summed E-state index contributed by atoms with van der Waals surface area (Å²) in [6, 6.07) is 35.2. The maximum atomic E-state index is 2.39. The highest BCUT2D eigenvalue weighted by molar-refractivity contribution is 5.79. The van der Waals surface area contributed by atoms with Crippen molar-refractivity contribution in [3.05, 3.63) is 108 Å². The molecule has 0 saturated carbocycles. The molecule has 4 aromatic rings. The Morgan fingerprint density at radius 2 is 1.21 bits per heavy atom.